The first-order chi connectivity index (χ1) is 7.68. The average Bonchev–Trinajstić information content (AvgIpc) is 2.30. The molecule has 16 heavy (non-hydrogen) atoms. The van der Waals surface area contributed by atoms with Crippen LogP contribution in [0.1, 0.15) is 10.4 Å². The Balaban J connectivity index is 2.30. The van der Waals surface area contributed by atoms with Crippen LogP contribution >= 0.6 is 11.8 Å². The Morgan fingerprint density at radius 2 is 2.06 bits per heavy atom. The van der Waals surface area contributed by atoms with Gasteiger partial charge in [-0.3, -0.25) is 0 Å². The van der Waals surface area contributed by atoms with E-state index in [9.17, 15) is 4.79 Å². The number of carboxylic acid groups (broad SMARTS) is 1. The van der Waals surface area contributed by atoms with Gasteiger partial charge in [-0.05, 0) is 18.2 Å². The molecule has 4 nitrogen and oxygen atoms in total. The summed E-state index contributed by atoms with van der Waals surface area (Å²) in [4.78, 5) is 13.0. The fourth-order valence-electron chi connectivity index (χ4n) is 1.75. The van der Waals surface area contributed by atoms with Gasteiger partial charge in [0.15, 0.2) is 0 Å². The van der Waals surface area contributed by atoms with Crippen molar-refractivity contribution >= 4 is 29.1 Å². The van der Waals surface area contributed by atoms with E-state index < -0.39 is 5.97 Å². The molecule has 1 aliphatic heterocycles. The summed E-state index contributed by atoms with van der Waals surface area (Å²) in [6.45, 7) is 1.86. The maximum absolute atomic E-state index is 10.9. The Bertz CT molecular complexity index is 403. The molecule has 0 radical (unpaired) electrons. The molecule has 0 aliphatic carbocycles. The zero-order valence-corrected chi connectivity index (χ0v) is 9.67. The Labute approximate surface area is 98.4 Å². The SMILES string of the molecule is Nc1ccc(C(=O)O)cc1N1CCSCC1. The van der Waals surface area contributed by atoms with Crippen LogP contribution in [0.3, 0.4) is 0 Å². The minimum absolute atomic E-state index is 0.294. The highest BCUT2D eigenvalue weighted by atomic mass is 32.2. The molecule has 5 heteroatoms. The predicted molar refractivity (Wildman–Crippen MR) is 67.4 cm³/mol. The second-order valence-electron chi connectivity index (χ2n) is 3.68. The smallest absolute Gasteiger partial charge is 0.335 e. The summed E-state index contributed by atoms with van der Waals surface area (Å²) in [6, 6.07) is 4.87. The molecule has 0 bridgehead atoms. The standard InChI is InChI=1S/C11H14N2O2S/c12-9-2-1-8(11(14)15)7-10(9)13-3-5-16-6-4-13/h1-2,7H,3-6,12H2,(H,14,15). The molecular formula is C11H14N2O2S. The third-order valence-electron chi connectivity index (χ3n) is 2.63. The average molecular weight is 238 g/mol. The third kappa shape index (κ3) is 2.24. The van der Waals surface area contributed by atoms with Crippen molar-refractivity contribution in [1.82, 2.24) is 0 Å². The van der Waals surface area contributed by atoms with E-state index in [0.29, 0.717) is 11.3 Å². The lowest BCUT2D eigenvalue weighted by Crippen LogP contribution is -2.33. The summed E-state index contributed by atoms with van der Waals surface area (Å²) in [5.74, 6) is 1.22. The van der Waals surface area contributed by atoms with E-state index in [4.69, 9.17) is 10.8 Å². The van der Waals surface area contributed by atoms with Gasteiger partial charge in [-0.15, -0.1) is 0 Å². The lowest BCUT2D eigenvalue weighted by Gasteiger charge is -2.29. The van der Waals surface area contributed by atoms with Gasteiger partial charge in [-0.25, -0.2) is 4.79 Å². The fourth-order valence-corrected chi connectivity index (χ4v) is 2.66. The second kappa shape index (κ2) is 4.65. The van der Waals surface area contributed by atoms with Crippen molar-refractivity contribution in [3.05, 3.63) is 23.8 Å². The van der Waals surface area contributed by atoms with Crippen molar-refractivity contribution in [3.63, 3.8) is 0 Å². The number of hydrogen-bond donors (Lipinski definition) is 2. The van der Waals surface area contributed by atoms with Crippen molar-refractivity contribution in [2.24, 2.45) is 0 Å². The number of carbonyl (C=O) groups is 1. The number of nitrogen functional groups attached to an aromatic ring is 1. The lowest BCUT2D eigenvalue weighted by molar-refractivity contribution is 0.0697. The van der Waals surface area contributed by atoms with Gasteiger partial charge in [0.05, 0.1) is 16.9 Å². The predicted octanol–water partition coefficient (Wildman–Crippen LogP) is 1.52. The van der Waals surface area contributed by atoms with E-state index in [-0.39, 0.29) is 0 Å². The summed E-state index contributed by atoms with van der Waals surface area (Å²) in [6.07, 6.45) is 0. The second-order valence-corrected chi connectivity index (χ2v) is 4.90. The Kier molecular flexibility index (Phi) is 3.24. The molecule has 0 unspecified atom stereocenters. The molecule has 1 fully saturated rings. The van der Waals surface area contributed by atoms with Crippen LogP contribution in [0.2, 0.25) is 0 Å². The van der Waals surface area contributed by atoms with Crippen molar-refractivity contribution in [1.29, 1.82) is 0 Å². The van der Waals surface area contributed by atoms with Crippen LogP contribution in [-0.2, 0) is 0 Å². The molecule has 1 aliphatic rings. The summed E-state index contributed by atoms with van der Waals surface area (Å²) < 4.78 is 0. The largest absolute Gasteiger partial charge is 0.478 e. The van der Waals surface area contributed by atoms with Crippen LogP contribution in [0.15, 0.2) is 18.2 Å². The quantitative estimate of drug-likeness (QED) is 0.765. The number of benzene rings is 1. The van der Waals surface area contributed by atoms with E-state index in [1.165, 1.54) is 0 Å². The first kappa shape index (κ1) is 11.1. The Hall–Kier alpha value is -1.36. The van der Waals surface area contributed by atoms with Gasteiger partial charge >= 0.3 is 5.97 Å². The van der Waals surface area contributed by atoms with E-state index in [1.807, 2.05) is 11.8 Å². The molecule has 1 heterocycles. The maximum atomic E-state index is 10.9. The number of hydrogen-bond acceptors (Lipinski definition) is 4. The van der Waals surface area contributed by atoms with Crippen molar-refractivity contribution in [2.45, 2.75) is 0 Å². The van der Waals surface area contributed by atoms with Crippen LogP contribution in [0.25, 0.3) is 0 Å². The van der Waals surface area contributed by atoms with Gasteiger partial charge in [-0.1, -0.05) is 0 Å². The molecule has 86 valence electrons. The van der Waals surface area contributed by atoms with Gasteiger partial charge in [0, 0.05) is 24.6 Å². The summed E-state index contributed by atoms with van der Waals surface area (Å²) in [5, 5.41) is 8.94. The van der Waals surface area contributed by atoms with Crippen LogP contribution < -0.4 is 10.6 Å². The molecule has 1 saturated heterocycles. The van der Waals surface area contributed by atoms with Gasteiger partial charge < -0.3 is 15.7 Å². The Morgan fingerprint density at radius 1 is 1.38 bits per heavy atom. The van der Waals surface area contributed by atoms with Crippen LogP contribution in [-0.4, -0.2) is 35.7 Å². The number of rotatable bonds is 2. The molecule has 0 atom stereocenters. The Morgan fingerprint density at radius 3 is 2.69 bits per heavy atom. The summed E-state index contributed by atoms with van der Waals surface area (Å²) >= 11 is 1.91. The topological polar surface area (TPSA) is 66.6 Å². The monoisotopic (exact) mass is 238 g/mol. The molecule has 0 spiro atoms. The van der Waals surface area contributed by atoms with Crippen LogP contribution in [0.4, 0.5) is 11.4 Å². The van der Waals surface area contributed by atoms with Gasteiger partial charge in [0.1, 0.15) is 0 Å². The first-order valence-corrected chi connectivity index (χ1v) is 6.29. The summed E-state index contributed by atoms with van der Waals surface area (Å²) in [5.41, 5.74) is 7.67. The number of nitrogens with zero attached hydrogens (tertiary/aromatic N) is 1. The molecular weight excluding hydrogens is 224 g/mol. The number of nitrogens with two attached hydrogens (primary N) is 1. The van der Waals surface area contributed by atoms with Crippen molar-refractivity contribution in [3.8, 4) is 0 Å². The van der Waals surface area contributed by atoms with Crippen LogP contribution in [0, 0.1) is 0 Å². The normalized spacial score (nSPS) is 16.1. The first-order valence-electron chi connectivity index (χ1n) is 5.14. The van der Waals surface area contributed by atoms with Crippen LogP contribution in [0.5, 0.6) is 0 Å². The highest BCUT2D eigenvalue weighted by Gasteiger charge is 2.15. The van der Waals surface area contributed by atoms with Gasteiger partial charge in [-0.2, -0.15) is 11.8 Å². The molecule has 0 aromatic heterocycles. The molecule has 2 rings (SSSR count). The number of anilines is 2. The zero-order valence-electron chi connectivity index (χ0n) is 8.85. The zero-order chi connectivity index (χ0) is 11.5. The fraction of sp³-hybridized carbons (Fsp3) is 0.364. The van der Waals surface area contributed by atoms with E-state index >= 15 is 0 Å². The minimum atomic E-state index is -0.910. The number of carboxylic acids is 1. The van der Waals surface area contributed by atoms with E-state index in [1.54, 1.807) is 18.2 Å². The molecule has 0 amide bonds. The maximum Gasteiger partial charge on any atom is 0.335 e. The van der Waals surface area contributed by atoms with E-state index in [0.717, 1.165) is 30.3 Å². The highest BCUT2D eigenvalue weighted by Crippen LogP contribution is 2.27. The number of aromatic carboxylic acids is 1. The third-order valence-corrected chi connectivity index (χ3v) is 3.57. The molecule has 3 N–H and O–H groups in total. The van der Waals surface area contributed by atoms with Gasteiger partial charge in [0.2, 0.25) is 0 Å². The van der Waals surface area contributed by atoms with E-state index in [2.05, 4.69) is 4.90 Å². The van der Waals surface area contributed by atoms with Crippen molar-refractivity contribution in [2.75, 3.05) is 35.2 Å². The van der Waals surface area contributed by atoms with Gasteiger partial charge in [0.25, 0.3) is 0 Å². The molecule has 1 aromatic rings. The van der Waals surface area contributed by atoms with Crippen molar-refractivity contribution < 1.29 is 9.90 Å². The minimum Gasteiger partial charge on any atom is -0.478 e. The lowest BCUT2D eigenvalue weighted by atomic mass is 10.1. The highest BCUT2D eigenvalue weighted by molar-refractivity contribution is 7.99. The summed E-state index contributed by atoms with van der Waals surface area (Å²) in [7, 11) is 0. The number of thioether (sulfide) groups is 1. The molecule has 1 aromatic carbocycles. The molecule has 0 saturated carbocycles.